The van der Waals surface area contributed by atoms with Crippen LogP contribution < -0.4 is 15.4 Å². The van der Waals surface area contributed by atoms with Gasteiger partial charge in [0.1, 0.15) is 5.75 Å². The van der Waals surface area contributed by atoms with Gasteiger partial charge in [0.25, 0.3) is 0 Å². The van der Waals surface area contributed by atoms with Crippen molar-refractivity contribution in [3.8, 4) is 5.75 Å². The molecule has 0 aliphatic carbocycles. The van der Waals surface area contributed by atoms with E-state index in [2.05, 4.69) is 35.2 Å². The number of para-hydroxylation sites is 1. The van der Waals surface area contributed by atoms with E-state index in [1.165, 1.54) is 11.3 Å². The average molecular weight is 282 g/mol. The zero-order valence-corrected chi connectivity index (χ0v) is 12.7. The van der Waals surface area contributed by atoms with E-state index in [9.17, 15) is 0 Å². The zero-order chi connectivity index (χ0) is 14.8. The Hall–Kier alpha value is -2.00. The maximum Gasteiger partial charge on any atom is 0.125 e. The van der Waals surface area contributed by atoms with E-state index in [0.717, 1.165) is 36.4 Å². The Labute approximate surface area is 126 Å². The molecule has 0 saturated carbocycles. The highest BCUT2D eigenvalue weighted by Gasteiger charge is 2.23. The summed E-state index contributed by atoms with van der Waals surface area (Å²) in [6, 6.07) is 14.7. The number of hydrogen-bond acceptors (Lipinski definition) is 3. The molecule has 110 valence electrons. The summed E-state index contributed by atoms with van der Waals surface area (Å²) in [5, 5.41) is 0. The van der Waals surface area contributed by atoms with Gasteiger partial charge < -0.3 is 15.4 Å². The van der Waals surface area contributed by atoms with Crippen molar-refractivity contribution in [3.63, 3.8) is 0 Å². The Kier molecular flexibility index (Phi) is 3.84. The van der Waals surface area contributed by atoms with Crippen molar-refractivity contribution in [2.75, 3.05) is 18.6 Å². The number of nitrogens with zero attached hydrogens (tertiary/aromatic N) is 1. The van der Waals surface area contributed by atoms with E-state index >= 15 is 0 Å². The lowest BCUT2D eigenvalue weighted by Crippen LogP contribution is -2.26. The lowest BCUT2D eigenvalue weighted by Gasteiger charge is -2.34. The smallest absolute Gasteiger partial charge is 0.125 e. The SMILES string of the molecule is COc1cccc(N2CCCc3ccccc32)c1[C@@H](C)N. The van der Waals surface area contributed by atoms with Crippen LogP contribution >= 0.6 is 0 Å². The molecule has 0 fully saturated rings. The highest BCUT2D eigenvalue weighted by Crippen LogP contribution is 2.40. The first kappa shape index (κ1) is 14.0. The third-order valence-corrected chi connectivity index (χ3v) is 4.12. The average Bonchev–Trinajstić information content (AvgIpc) is 2.53. The van der Waals surface area contributed by atoms with E-state index in [1.54, 1.807) is 7.11 Å². The molecular weight excluding hydrogens is 260 g/mol. The lowest BCUT2D eigenvalue weighted by atomic mass is 9.98. The van der Waals surface area contributed by atoms with Gasteiger partial charge in [-0.1, -0.05) is 24.3 Å². The molecule has 0 spiro atoms. The zero-order valence-electron chi connectivity index (χ0n) is 12.7. The number of rotatable bonds is 3. The van der Waals surface area contributed by atoms with Crippen molar-refractivity contribution in [2.24, 2.45) is 5.73 Å². The predicted molar refractivity (Wildman–Crippen MR) is 87.4 cm³/mol. The molecule has 0 radical (unpaired) electrons. The Bertz CT molecular complexity index is 637. The van der Waals surface area contributed by atoms with Crippen LogP contribution in [0.5, 0.6) is 5.75 Å². The summed E-state index contributed by atoms with van der Waals surface area (Å²) in [7, 11) is 1.70. The molecule has 0 saturated heterocycles. The third kappa shape index (κ3) is 2.49. The van der Waals surface area contributed by atoms with Crippen LogP contribution in [0.15, 0.2) is 42.5 Å². The van der Waals surface area contributed by atoms with Crippen molar-refractivity contribution < 1.29 is 4.74 Å². The molecule has 0 bridgehead atoms. The minimum atomic E-state index is -0.0646. The quantitative estimate of drug-likeness (QED) is 0.930. The van der Waals surface area contributed by atoms with Crippen LogP contribution in [0.2, 0.25) is 0 Å². The fraction of sp³-hybridized carbons (Fsp3) is 0.333. The normalized spacial score (nSPS) is 15.5. The van der Waals surface area contributed by atoms with Crippen molar-refractivity contribution >= 4 is 11.4 Å². The maximum atomic E-state index is 6.21. The van der Waals surface area contributed by atoms with Gasteiger partial charge in [0, 0.05) is 29.5 Å². The van der Waals surface area contributed by atoms with Crippen LogP contribution in [0.25, 0.3) is 0 Å². The molecular formula is C18H22N2O. The van der Waals surface area contributed by atoms with Gasteiger partial charge in [0.2, 0.25) is 0 Å². The van der Waals surface area contributed by atoms with Gasteiger partial charge in [-0.15, -0.1) is 0 Å². The largest absolute Gasteiger partial charge is 0.496 e. The summed E-state index contributed by atoms with van der Waals surface area (Å²) in [5.41, 5.74) is 11.2. The van der Waals surface area contributed by atoms with Crippen molar-refractivity contribution in [2.45, 2.75) is 25.8 Å². The topological polar surface area (TPSA) is 38.5 Å². The van der Waals surface area contributed by atoms with E-state index in [0.29, 0.717) is 0 Å². The number of ether oxygens (including phenoxy) is 1. The molecule has 1 atom stereocenters. The molecule has 21 heavy (non-hydrogen) atoms. The Morgan fingerprint density at radius 3 is 2.62 bits per heavy atom. The Morgan fingerprint density at radius 2 is 1.86 bits per heavy atom. The minimum absolute atomic E-state index is 0.0646. The molecule has 1 aliphatic rings. The van der Waals surface area contributed by atoms with Gasteiger partial charge in [-0.3, -0.25) is 0 Å². The molecule has 1 aliphatic heterocycles. The minimum Gasteiger partial charge on any atom is -0.496 e. The number of benzene rings is 2. The molecule has 2 aromatic rings. The van der Waals surface area contributed by atoms with Gasteiger partial charge >= 0.3 is 0 Å². The number of fused-ring (bicyclic) bond motifs is 1. The fourth-order valence-electron chi connectivity index (χ4n) is 3.19. The van der Waals surface area contributed by atoms with E-state index in [-0.39, 0.29) is 6.04 Å². The first-order chi connectivity index (χ1) is 10.2. The van der Waals surface area contributed by atoms with Crippen molar-refractivity contribution in [1.29, 1.82) is 0 Å². The van der Waals surface area contributed by atoms with Crippen LogP contribution in [0.1, 0.15) is 30.5 Å². The van der Waals surface area contributed by atoms with Crippen LogP contribution in [-0.2, 0) is 6.42 Å². The standard InChI is InChI=1S/C18H22N2O/c1-13(19)18-16(10-5-11-17(18)21-2)20-12-6-8-14-7-3-4-9-15(14)20/h3-5,7,9-11,13H,6,8,12,19H2,1-2H3/t13-/m1/s1. The van der Waals surface area contributed by atoms with E-state index in [4.69, 9.17) is 10.5 Å². The summed E-state index contributed by atoms with van der Waals surface area (Å²) >= 11 is 0. The maximum absolute atomic E-state index is 6.21. The molecule has 0 unspecified atom stereocenters. The molecule has 2 N–H and O–H groups in total. The monoisotopic (exact) mass is 282 g/mol. The number of nitrogens with two attached hydrogens (primary N) is 1. The number of hydrogen-bond donors (Lipinski definition) is 1. The summed E-state index contributed by atoms with van der Waals surface area (Å²) in [5.74, 6) is 0.866. The molecule has 3 rings (SSSR count). The van der Waals surface area contributed by atoms with Gasteiger partial charge in [-0.25, -0.2) is 0 Å². The Morgan fingerprint density at radius 1 is 1.10 bits per heavy atom. The summed E-state index contributed by atoms with van der Waals surface area (Å²) < 4.78 is 5.52. The van der Waals surface area contributed by atoms with Crippen molar-refractivity contribution in [3.05, 3.63) is 53.6 Å². The van der Waals surface area contributed by atoms with E-state index in [1.807, 2.05) is 19.1 Å². The number of methoxy groups -OCH3 is 1. The van der Waals surface area contributed by atoms with Gasteiger partial charge in [-0.05, 0) is 43.5 Å². The van der Waals surface area contributed by atoms with E-state index < -0.39 is 0 Å². The lowest BCUT2D eigenvalue weighted by molar-refractivity contribution is 0.407. The number of aryl methyl sites for hydroxylation is 1. The predicted octanol–water partition coefficient (Wildman–Crippen LogP) is 3.80. The second-order valence-electron chi connectivity index (χ2n) is 5.57. The van der Waals surface area contributed by atoms with Crippen LogP contribution in [0, 0.1) is 0 Å². The van der Waals surface area contributed by atoms with Crippen molar-refractivity contribution in [1.82, 2.24) is 0 Å². The molecule has 3 heteroatoms. The highest BCUT2D eigenvalue weighted by atomic mass is 16.5. The summed E-state index contributed by atoms with van der Waals surface area (Å²) in [4.78, 5) is 2.38. The van der Waals surface area contributed by atoms with Crippen LogP contribution in [0.3, 0.4) is 0 Å². The molecule has 0 amide bonds. The molecule has 3 nitrogen and oxygen atoms in total. The Balaban J connectivity index is 2.14. The summed E-state index contributed by atoms with van der Waals surface area (Å²) in [6.45, 7) is 3.03. The van der Waals surface area contributed by atoms with Crippen LogP contribution in [-0.4, -0.2) is 13.7 Å². The second-order valence-corrected chi connectivity index (χ2v) is 5.57. The van der Waals surface area contributed by atoms with Gasteiger partial charge in [-0.2, -0.15) is 0 Å². The van der Waals surface area contributed by atoms with Crippen LogP contribution in [0.4, 0.5) is 11.4 Å². The molecule has 1 heterocycles. The number of anilines is 2. The first-order valence-electron chi connectivity index (χ1n) is 7.50. The molecule has 0 aromatic heterocycles. The third-order valence-electron chi connectivity index (χ3n) is 4.12. The molecule has 2 aromatic carbocycles. The first-order valence-corrected chi connectivity index (χ1v) is 7.50. The van der Waals surface area contributed by atoms with Gasteiger partial charge in [0.15, 0.2) is 0 Å². The fourth-order valence-corrected chi connectivity index (χ4v) is 3.19. The summed E-state index contributed by atoms with van der Waals surface area (Å²) in [6.07, 6.45) is 2.30. The second kappa shape index (κ2) is 5.78. The van der Waals surface area contributed by atoms with Gasteiger partial charge in [0.05, 0.1) is 7.11 Å². The highest BCUT2D eigenvalue weighted by molar-refractivity contribution is 5.72.